The molecule has 1 amide bonds. The summed E-state index contributed by atoms with van der Waals surface area (Å²) >= 11 is 0. The van der Waals surface area contributed by atoms with E-state index < -0.39 is 17.6 Å². The predicted molar refractivity (Wildman–Crippen MR) is 100 cm³/mol. The van der Waals surface area contributed by atoms with E-state index in [0.29, 0.717) is 36.3 Å². The lowest BCUT2D eigenvalue weighted by atomic mass is 9.59. The fourth-order valence-electron chi connectivity index (χ4n) is 6.88. The lowest BCUT2D eigenvalue weighted by molar-refractivity contribution is -0.181. The fourth-order valence-corrected chi connectivity index (χ4v) is 6.88. The first-order chi connectivity index (χ1) is 13.5. The highest BCUT2D eigenvalue weighted by atomic mass is 16.7. The average molecular weight is 384 g/mol. The van der Waals surface area contributed by atoms with Crippen molar-refractivity contribution in [2.75, 3.05) is 25.9 Å². The molecule has 7 atom stereocenters. The van der Waals surface area contributed by atoms with E-state index in [9.17, 15) is 9.90 Å². The first kappa shape index (κ1) is 16.9. The van der Waals surface area contributed by atoms with Crippen molar-refractivity contribution in [1.29, 1.82) is 0 Å². The van der Waals surface area contributed by atoms with E-state index in [1.807, 2.05) is 18.2 Å². The zero-order valence-electron chi connectivity index (χ0n) is 16.2. The van der Waals surface area contributed by atoms with Gasteiger partial charge in [0.15, 0.2) is 0 Å². The minimum Gasteiger partial charge on any atom is -0.497 e. The molecule has 2 aliphatic carbocycles. The summed E-state index contributed by atoms with van der Waals surface area (Å²) in [5, 5.41) is 12.8. The number of aliphatic hydroxyl groups is 1. The number of hydrogen-bond acceptors (Lipinski definition) is 6. The number of nitrogens with zero attached hydrogens (tertiary/aromatic N) is 2. The Morgan fingerprint density at radius 1 is 1.39 bits per heavy atom. The molecule has 0 unspecified atom stereocenters. The highest BCUT2D eigenvalue weighted by molar-refractivity contribution is 6.08. The monoisotopic (exact) mass is 384 g/mol. The van der Waals surface area contributed by atoms with Crippen LogP contribution in [0.2, 0.25) is 0 Å². The van der Waals surface area contributed by atoms with Crippen LogP contribution in [0.15, 0.2) is 23.2 Å². The van der Waals surface area contributed by atoms with Gasteiger partial charge in [0.05, 0.1) is 38.7 Å². The van der Waals surface area contributed by atoms with E-state index in [1.165, 1.54) is 17.9 Å². The minimum absolute atomic E-state index is 0.0525. The Balaban J connectivity index is 1.55. The van der Waals surface area contributed by atoms with Crippen LogP contribution in [-0.4, -0.2) is 55.8 Å². The molecule has 0 radical (unpaired) electrons. The topological polar surface area (TPSA) is 80.6 Å². The number of ether oxygens (including phenoxy) is 2. The summed E-state index contributed by atoms with van der Waals surface area (Å²) in [6.45, 7) is 2.70. The predicted octanol–water partition coefficient (Wildman–Crippen LogP) is 1.47. The zero-order valence-corrected chi connectivity index (χ0v) is 16.2. The van der Waals surface area contributed by atoms with Crippen LogP contribution < -0.4 is 9.80 Å². The smallest absolute Gasteiger partial charge is 0.264 e. The Morgan fingerprint density at radius 2 is 2.21 bits per heavy atom. The van der Waals surface area contributed by atoms with Crippen LogP contribution in [0.5, 0.6) is 5.75 Å². The van der Waals surface area contributed by atoms with Gasteiger partial charge in [-0.25, -0.2) is 0 Å². The molecule has 7 nitrogen and oxygen atoms in total. The maximum Gasteiger partial charge on any atom is 0.264 e. The highest BCUT2D eigenvalue weighted by Crippen LogP contribution is 2.75. The number of amides is 1. The first-order valence-electron chi connectivity index (χ1n) is 9.99. The Kier molecular flexibility index (Phi) is 3.11. The van der Waals surface area contributed by atoms with E-state index in [4.69, 9.17) is 19.3 Å². The zero-order chi connectivity index (χ0) is 19.4. The average Bonchev–Trinajstić information content (AvgIpc) is 3.18. The SMILES string of the molecule is CCC1=N[C@H]2C[C@@]3(C(=O)N(OC)c4cc(OC)ccc43)[C@@H]3OC[C@H]4[C@H]1[C@]24[C@H]3O. The van der Waals surface area contributed by atoms with E-state index in [2.05, 4.69) is 6.92 Å². The number of hydroxylamine groups is 1. The van der Waals surface area contributed by atoms with Gasteiger partial charge in [-0.05, 0) is 24.5 Å². The Hall–Kier alpha value is -1.96. The summed E-state index contributed by atoms with van der Waals surface area (Å²) < 4.78 is 11.6. The second-order valence-corrected chi connectivity index (χ2v) is 8.61. The van der Waals surface area contributed by atoms with Crippen LogP contribution in [0.1, 0.15) is 25.3 Å². The lowest BCUT2D eigenvalue weighted by Gasteiger charge is -2.51. The Morgan fingerprint density at radius 3 is 2.93 bits per heavy atom. The molecule has 3 aliphatic heterocycles. The molecular formula is C21H24N2O5. The van der Waals surface area contributed by atoms with Crippen LogP contribution in [0.3, 0.4) is 0 Å². The Bertz CT molecular complexity index is 931. The number of carbonyl (C=O) groups excluding carboxylic acids is 1. The van der Waals surface area contributed by atoms with Gasteiger partial charge in [-0.1, -0.05) is 13.0 Å². The molecule has 1 aromatic rings. The van der Waals surface area contributed by atoms with Crippen LogP contribution in [-0.2, 0) is 19.8 Å². The number of rotatable bonds is 3. The van der Waals surface area contributed by atoms with Gasteiger partial charge in [0.2, 0.25) is 0 Å². The second-order valence-electron chi connectivity index (χ2n) is 8.61. The number of methoxy groups -OCH3 is 1. The summed E-state index contributed by atoms with van der Waals surface area (Å²) in [6.07, 6.45) is 0.133. The third-order valence-electron chi connectivity index (χ3n) is 8.00. The standard InChI is InChI=1S/C21H24N2O5/c1-4-13-16-12-9-28-18-17(24)21(12,16)15(22-13)8-20(18)11-6-5-10(26-2)7-14(11)23(27-3)19(20)25/h5-7,12,15-18,24H,4,8-9H2,1-3H3/t12-,15-,16+,17-,18+,20-,21+/m0/s1. The second kappa shape index (κ2) is 5.14. The van der Waals surface area contributed by atoms with Crippen LogP contribution >= 0.6 is 0 Å². The van der Waals surface area contributed by atoms with Gasteiger partial charge in [0, 0.05) is 29.0 Å². The molecule has 3 heterocycles. The van der Waals surface area contributed by atoms with Crippen molar-refractivity contribution in [3.8, 4) is 5.75 Å². The van der Waals surface area contributed by atoms with Gasteiger partial charge in [-0.15, -0.1) is 0 Å². The lowest BCUT2D eigenvalue weighted by Crippen LogP contribution is -2.65. The molecule has 1 N–H and O–H groups in total. The molecule has 28 heavy (non-hydrogen) atoms. The molecule has 2 saturated carbocycles. The molecule has 6 rings (SSSR count). The molecule has 2 bridgehead atoms. The molecule has 3 fully saturated rings. The third kappa shape index (κ3) is 1.54. The van der Waals surface area contributed by atoms with E-state index in [-0.39, 0.29) is 17.4 Å². The Labute approximate surface area is 163 Å². The van der Waals surface area contributed by atoms with E-state index in [1.54, 1.807) is 7.11 Å². The molecule has 2 spiro atoms. The van der Waals surface area contributed by atoms with Crippen molar-refractivity contribution >= 4 is 17.3 Å². The summed E-state index contributed by atoms with van der Waals surface area (Å²) in [5.41, 5.74) is 1.45. The van der Waals surface area contributed by atoms with Gasteiger partial charge in [0.25, 0.3) is 5.91 Å². The maximum absolute atomic E-state index is 13.7. The van der Waals surface area contributed by atoms with E-state index >= 15 is 0 Å². The number of aliphatic imine (C=N–C) groups is 1. The van der Waals surface area contributed by atoms with Crippen molar-refractivity contribution in [1.82, 2.24) is 0 Å². The molecule has 1 saturated heterocycles. The van der Waals surface area contributed by atoms with Crippen LogP contribution in [0.4, 0.5) is 5.69 Å². The molecular weight excluding hydrogens is 360 g/mol. The number of hydrogen-bond donors (Lipinski definition) is 1. The third-order valence-corrected chi connectivity index (χ3v) is 8.00. The molecule has 7 heteroatoms. The van der Waals surface area contributed by atoms with Gasteiger partial charge < -0.3 is 14.6 Å². The molecule has 148 valence electrons. The quantitative estimate of drug-likeness (QED) is 0.854. The molecule has 5 aliphatic rings. The maximum atomic E-state index is 13.7. The number of aliphatic hydroxyl groups excluding tert-OH is 1. The van der Waals surface area contributed by atoms with Crippen molar-refractivity contribution in [2.45, 2.75) is 43.4 Å². The van der Waals surface area contributed by atoms with Gasteiger partial charge in [-0.2, -0.15) is 5.06 Å². The number of fused-ring (bicyclic) bond motifs is 5. The summed E-state index contributed by atoms with van der Waals surface area (Å²) in [6, 6.07) is 5.52. The normalized spacial score (nSPS) is 44.4. The van der Waals surface area contributed by atoms with Crippen LogP contribution in [0.25, 0.3) is 0 Å². The van der Waals surface area contributed by atoms with Crippen molar-refractivity contribution in [2.24, 2.45) is 22.2 Å². The highest BCUT2D eigenvalue weighted by Gasteiger charge is 2.84. The van der Waals surface area contributed by atoms with E-state index in [0.717, 1.165) is 12.0 Å². The van der Waals surface area contributed by atoms with Crippen molar-refractivity contribution in [3.05, 3.63) is 23.8 Å². The number of carbonyl (C=O) groups is 1. The fraction of sp³-hybridized carbons (Fsp3) is 0.619. The summed E-state index contributed by atoms with van der Waals surface area (Å²) in [5.74, 6) is 1.11. The summed E-state index contributed by atoms with van der Waals surface area (Å²) in [7, 11) is 3.08. The van der Waals surface area contributed by atoms with Crippen molar-refractivity contribution in [3.63, 3.8) is 0 Å². The van der Waals surface area contributed by atoms with Gasteiger partial charge >= 0.3 is 0 Å². The number of anilines is 1. The summed E-state index contributed by atoms with van der Waals surface area (Å²) in [4.78, 5) is 24.1. The molecule has 1 aromatic carbocycles. The molecule has 0 aromatic heterocycles. The largest absolute Gasteiger partial charge is 0.497 e. The van der Waals surface area contributed by atoms with Crippen molar-refractivity contribution < 1.29 is 24.2 Å². The van der Waals surface area contributed by atoms with Gasteiger partial charge in [-0.3, -0.25) is 14.6 Å². The first-order valence-corrected chi connectivity index (χ1v) is 9.99. The van der Waals surface area contributed by atoms with Gasteiger partial charge in [0.1, 0.15) is 17.3 Å². The van der Waals surface area contributed by atoms with Crippen LogP contribution in [0, 0.1) is 17.3 Å². The number of benzene rings is 1. The minimum atomic E-state index is -0.988.